The first-order valence-corrected chi connectivity index (χ1v) is 10.3. The Morgan fingerprint density at radius 2 is 2.08 bits per heavy atom. The molecule has 2 atom stereocenters. The average Bonchev–Trinajstić information content (AvgIpc) is 3.20. The van der Waals surface area contributed by atoms with Crippen molar-refractivity contribution in [2.45, 2.75) is 25.4 Å². The van der Waals surface area contributed by atoms with E-state index >= 15 is 0 Å². The minimum Gasteiger partial charge on any atom is -0.458 e. The largest absolute Gasteiger partial charge is 0.458 e. The lowest BCUT2D eigenvalue weighted by atomic mass is 9.95. The van der Waals surface area contributed by atoms with Crippen molar-refractivity contribution in [3.63, 3.8) is 0 Å². The van der Waals surface area contributed by atoms with Crippen molar-refractivity contribution in [2.24, 2.45) is 5.92 Å². The van der Waals surface area contributed by atoms with Crippen LogP contribution in [0.15, 0.2) is 28.8 Å². The molecule has 9 heteroatoms. The lowest BCUT2D eigenvalue weighted by molar-refractivity contribution is 0.116. The van der Waals surface area contributed by atoms with Crippen molar-refractivity contribution in [2.75, 3.05) is 33.7 Å². The Morgan fingerprint density at radius 3 is 2.81 bits per heavy atom. The van der Waals surface area contributed by atoms with Crippen LogP contribution in [-0.4, -0.2) is 71.9 Å². The fourth-order valence-corrected chi connectivity index (χ4v) is 5.17. The van der Waals surface area contributed by atoms with Crippen LogP contribution in [0.1, 0.15) is 18.6 Å². The molecule has 0 aromatic carbocycles. The molecule has 2 aromatic rings. The van der Waals surface area contributed by atoms with Gasteiger partial charge in [0.05, 0.1) is 6.54 Å². The fraction of sp³-hybridized carbons (Fsp3) is 0.588. The molecule has 0 radical (unpaired) electrons. The zero-order chi connectivity index (χ0) is 18.3. The van der Waals surface area contributed by atoms with Gasteiger partial charge in [0.1, 0.15) is 11.5 Å². The topological polar surface area (TPSA) is 85.7 Å². The lowest BCUT2D eigenvalue weighted by Gasteiger charge is -2.35. The lowest BCUT2D eigenvalue weighted by Crippen LogP contribution is -2.45. The van der Waals surface area contributed by atoms with Crippen molar-refractivity contribution >= 4 is 10.2 Å². The highest BCUT2D eigenvalue weighted by molar-refractivity contribution is 7.86. The number of H-pyrrole nitrogens is 1. The maximum atomic E-state index is 12.6. The van der Waals surface area contributed by atoms with E-state index in [1.165, 1.54) is 4.31 Å². The summed E-state index contributed by atoms with van der Waals surface area (Å²) < 4.78 is 34.0. The number of aromatic amines is 1. The summed E-state index contributed by atoms with van der Waals surface area (Å²) in [7, 11) is -0.172. The SMILES string of the molecule is CN(C)S(=O)(=O)N1C[C@@H]2CC[C@H](C1)N(Cc1ccc(-c3ccn[nH]3)o1)C2. The van der Waals surface area contributed by atoms with Crippen LogP contribution < -0.4 is 0 Å². The van der Waals surface area contributed by atoms with Crippen LogP contribution in [0.5, 0.6) is 0 Å². The van der Waals surface area contributed by atoms with Gasteiger partial charge in [0, 0.05) is 46.0 Å². The summed E-state index contributed by atoms with van der Waals surface area (Å²) in [5.41, 5.74) is 0.858. The van der Waals surface area contributed by atoms with Crippen LogP contribution in [0.4, 0.5) is 0 Å². The molecule has 5 rings (SSSR count). The highest BCUT2D eigenvalue weighted by Gasteiger charge is 2.39. The quantitative estimate of drug-likeness (QED) is 0.848. The summed E-state index contributed by atoms with van der Waals surface area (Å²) in [5.74, 6) is 2.03. The number of hydrogen-bond acceptors (Lipinski definition) is 5. The number of nitrogens with one attached hydrogen (secondary N) is 1. The number of aromatic nitrogens is 2. The van der Waals surface area contributed by atoms with Gasteiger partial charge in [-0.15, -0.1) is 0 Å². The molecule has 2 bridgehead atoms. The van der Waals surface area contributed by atoms with E-state index in [9.17, 15) is 8.42 Å². The zero-order valence-electron chi connectivity index (χ0n) is 15.1. The molecule has 0 spiro atoms. The normalized spacial score (nSPS) is 25.0. The molecule has 0 saturated carbocycles. The molecule has 5 heterocycles. The smallest absolute Gasteiger partial charge is 0.281 e. The molecule has 3 aliphatic heterocycles. The van der Waals surface area contributed by atoms with Crippen LogP contribution in [-0.2, 0) is 16.8 Å². The summed E-state index contributed by atoms with van der Waals surface area (Å²) >= 11 is 0. The Kier molecular flexibility index (Phi) is 4.64. The summed E-state index contributed by atoms with van der Waals surface area (Å²) in [6.07, 6.45) is 3.81. The van der Waals surface area contributed by atoms with Gasteiger partial charge in [-0.1, -0.05) is 0 Å². The molecule has 3 fully saturated rings. The summed E-state index contributed by atoms with van der Waals surface area (Å²) in [6.45, 7) is 2.76. The Balaban J connectivity index is 1.49. The average molecular weight is 379 g/mol. The predicted molar refractivity (Wildman–Crippen MR) is 97.4 cm³/mol. The maximum absolute atomic E-state index is 12.6. The van der Waals surface area contributed by atoms with Gasteiger partial charge in [-0.3, -0.25) is 10.00 Å². The number of nitrogens with zero attached hydrogens (tertiary/aromatic N) is 4. The first kappa shape index (κ1) is 17.7. The van der Waals surface area contributed by atoms with Crippen molar-refractivity contribution in [1.82, 2.24) is 23.7 Å². The van der Waals surface area contributed by atoms with E-state index in [1.54, 1.807) is 24.6 Å². The van der Waals surface area contributed by atoms with Crippen LogP contribution in [0.3, 0.4) is 0 Å². The third-order valence-corrected chi connectivity index (χ3v) is 7.24. The predicted octanol–water partition coefficient (Wildman–Crippen LogP) is 1.37. The Hall–Kier alpha value is -1.68. The molecule has 0 unspecified atom stereocenters. The van der Waals surface area contributed by atoms with Crippen LogP contribution >= 0.6 is 0 Å². The molecule has 142 valence electrons. The highest BCUT2D eigenvalue weighted by Crippen LogP contribution is 2.31. The number of piperidine rings is 1. The Labute approximate surface area is 153 Å². The summed E-state index contributed by atoms with van der Waals surface area (Å²) in [4.78, 5) is 2.37. The van der Waals surface area contributed by atoms with Crippen molar-refractivity contribution < 1.29 is 12.8 Å². The second-order valence-corrected chi connectivity index (χ2v) is 9.51. The van der Waals surface area contributed by atoms with Gasteiger partial charge in [0.15, 0.2) is 5.76 Å². The van der Waals surface area contributed by atoms with E-state index in [4.69, 9.17) is 4.42 Å². The molecule has 8 nitrogen and oxygen atoms in total. The summed E-state index contributed by atoms with van der Waals surface area (Å²) in [6, 6.07) is 6.04. The van der Waals surface area contributed by atoms with Gasteiger partial charge < -0.3 is 4.42 Å². The van der Waals surface area contributed by atoms with E-state index in [0.717, 1.165) is 36.6 Å². The van der Waals surface area contributed by atoms with Crippen molar-refractivity contribution in [3.8, 4) is 11.5 Å². The molecule has 2 aromatic heterocycles. The molecular formula is C17H25N5O3S. The van der Waals surface area contributed by atoms with Gasteiger partial charge in [-0.05, 0) is 37.0 Å². The van der Waals surface area contributed by atoms with Gasteiger partial charge in [-0.25, -0.2) is 0 Å². The molecule has 3 aliphatic rings. The molecule has 0 aliphatic carbocycles. The Bertz CT molecular complexity index is 846. The van der Waals surface area contributed by atoms with Gasteiger partial charge in [0.25, 0.3) is 10.2 Å². The molecule has 1 N–H and O–H groups in total. The standard InChI is InChI=1S/C17H25N5O3S/c1-20(2)26(23,24)22-10-13-3-4-14(11-22)21(9-13)12-15-5-6-17(25-15)16-7-8-18-19-16/h5-8,13-14H,3-4,9-12H2,1-2H3,(H,18,19)/t13-,14-/m1/s1. The highest BCUT2D eigenvalue weighted by atomic mass is 32.2. The van der Waals surface area contributed by atoms with Gasteiger partial charge >= 0.3 is 0 Å². The monoisotopic (exact) mass is 379 g/mol. The molecule has 26 heavy (non-hydrogen) atoms. The van der Waals surface area contributed by atoms with Crippen molar-refractivity contribution in [1.29, 1.82) is 0 Å². The third-order valence-electron chi connectivity index (χ3n) is 5.37. The first-order valence-electron chi connectivity index (χ1n) is 8.93. The van der Waals surface area contributed by atoms with Crippen molar-refractivity contribution in [3.05, 3.63) is 30.2 Å². The van der Waals surface area contributed by atoms with Gasteiger partial charge in [-0.2, -0.15) is 22.1 Å². The second-order valence-electron chi connectivity index (χ2n) is 7.37. The molecular weight excluding hydrogens is 354 g/mol. The van der Waals surface area contributed by atoms with Crippen LogP contribution in [0.25, 0.3) is 11.5 Å². The Morgan fingerprint density at radius 1 is 1.23 bits per heavy atom. The maximum Gasteiger partial charge on any atom is 0.281 e. The van der Waals surface area contributed by atoms with Crippen LogP contribution in [0.2, 0.25) is 0 Å². The van der Waals surface area contributed by atoms with E-state index in [-0.39, 0.29) is 6.04 Å². The minimum absolute atomic E-state index is 0.226. The molecule has 0 amide bonds. The second kappa shape index (κ2) is 6.80. The number of furan rings is 1. The van der Waals surface area contributed by atoms with E-state index in [1.807, 2.05) is 18.2 Å². The fourth-order valence-electron chi connectivity index (χ4n) is 3.95. The van der Waals surface area contributed by atoms with E-state index in [0.29, 0.717) is 25.6 Å². The van der Waals surface area contributed by atoms with E-state index in [2.05, 4.69) is 15.1 Å². The zero-order valence-corrected chi connectivity index (χ0v) is 15.9. The van der Waals surface area contributed by atoms with Gasteiger partial charge in [0.2, 0.25) is 0 Å². The first-order chi connectivity index (χ1) is 12.4. The number of fused-ring (bicyclic) bond motifs is 4. The number of rotatable bonds is 5. The summed E-state index contributed by atoms with van der Waals surface area (Å²) in [5, 5.41) is 6.86. The van der Waals surface area contributed by atoms with Crippen LogP contribution in [0, 0.1) is 5.92 Å². The van der Waals surface area contributed by atoms with E-state index < -0.39 is 10.2 Å². The number of hydrogen-bond donors (Lipinski definition) is 1. The third kappa shape index (κ3) is 3.32. The minimum atomic E-state index is -3.37. The molecule has 3 saturated heterocycles.